The Hall–Kier alpha value is -1.94. The number of methoxy groups -OCH3 is 1. The first-order valence-corrected chi connectivity index (χ1v) is 4.92. The number of nitrogens with zero attached hydrogens (tertiary/aromatic N) is 1. The molecular formula is C12H14ClN3O. The molecule has 0 saturated carbocycles. The number of ether oxygens (including phenoxy) is 1. The molecule has 90 valence electrons. The topological polar surface area (TPSA) is 60.2 Å². The first-order chi connectivity index (χ1) is 7.81. The van der Waals surface area contributed by atoms with Gasteiger partial charge in [0, 0.05) is 6.20 Å². The molecular weight excluding hydrogens is 238 g/mol. The highest BCUT2D eigenvalue weighted by molar-refractivity contribution is 5.85. The third kappa shape index (κ3) is 3.01. The molecule has 0 bridgehead atoms. The lowest BCUT2D eigenvalue weighted by Crippen LogP contribution is -1.99. The second kappa shape index (κ2) is 5.96. The van der Waals surface area contributed by atoms with Crippen molar-refractivity contribution in [3.05, 3.63) is 42.6 Å². The van der Waals surface area contributed by atoms with Crippen molar-refractivity contribution in [2.75, 3.05) is 18.2 Å². The quantitative estimate of drug-likeness (QED) is 0.881. The molecule has 0 aliphatic rings. The average Bonchev–Trinajstić information content (AvgIpc) is 2.33. The molecule has 2 rings (SSSR count). The van der Waals surface area contributed by atoms with Gasteiger partial charge in [-0.25, -0.2) is 4.98 Å². The van der Waals surface area contributed by atoms with E-state index in [9.17, 15) is 0 Å². The number of pyridine rings is 1. The van der Waals surface area contributed by atoms with Gasteiger partial charge in [-0.3, -0.25) is 0 Å². The average molecular weight is 252 g/mol. The van der Waals surface area contributed by atoms with Crippen LogP contribution in [0.2, 0.25) is 0 Å². The zero-order valence-electron chi connectivity index (χ0n) is 9.38. The van der Waals surface area contributed by atoms with Gasteiger partial charge in [0.1, 0.15) is 5.75 Å². The Morgan fingerprint density at radius 2 is 1.94 bits per heavy atom. The maximum atomic E-state index is 5.79. The van der Waals surface area contributed by atoms with Gasteiger partial charge in [-0.2, -0.15) is 0 Å². The van der Waals surface area contributed by atoms with Crippen molar-refractivity contribution >= 4 is 29.6 Å². The molecule has 1 aromatic heterocycles. The number of nitrogens with one attached hydrogen (secondary N) is 1. The van der Waals surface area contributed by atoms with Crippen LogP contribution in [0.15, 0.2) is 42.6 Å². The van der Waals surface area contributed by atoms with Crippen molar-refractivity contribution in [3.8, 4) is 5.75 Å². The predicted molar refractivity (Wildman–Crippen MR) is 72.2 cm³/mol. The number of nitrogens with two attached hydrogens (primary N) is 1. The lowest BCUT2D eigenvalue weighted by Gasteiger charge is -2.11. The van der Waals surface area contributed by atoms with E-state index >= 15 is 0 Å². The van der Waals surface area contributed by atoms with Crippen LogP contribution in [0.5, 0.6) is 5.75 Å². The Morgan fingerprint density at radius 1 is 1.18 bits per heavy atom. The maximum Gasteiger partial charge on any atom is 0.153 e. The van der Waals surface area contributed by atoms with Crippen molar-refractivity contribution in [2.45, 2.75) is 0 Å². The van der Waals surface area contributed by atoms with Crippen LogP contribution in [-0.4, -0.2) is 12.1 Å². The molecule has 0 atom stereocenters. The van der Waals surface area contributed by atoms with Gasteiger partial charge in [-0.1, -0.05) is 12.1 Å². The van der Waals surface area contributed by atoms with E-state index < -0.39 is 0 Å². The van der Waals surface area contributed by atoms with Crippen LogP contribution in [0, 0.1) is 0 Å². The molecule has 2 aromatic rings. The summed E-state index contributed by atoms with van der Waals surface area (Å²) in [5, 5.41) is 3.13. The first-order valence-electron chi connectivity index (χ1n) is 4.92. The van der Waals surface area contributed by atoms with Gasteiger partial charge in [0.05, 0.1) is 18.5 Å². The highest BCUT2D eigenvalue weighted by atomic mass is 35.5. The number of hydrogen-bond donors (Lipinski definition) is 2. The summed E-state index contributed by atoms with van der Waals surface area (Å²) in [6.45, 7) is 0. The van der Waals surface area contributed by atoms with Gasteiger partial charge in [0.2, 0.25) is 0 Å². The highest BCUT2D eigenvalue weighted by Crippen LogP contribution is 2.27. The minimum absolute atomic E-state index is 0. The molecule has 0 saturated heterocycles. The van der Waals surface area contributed by atoms with Crippen LogP contribution >= 0.6 is 12.4 Å². The maximum absolute atomic E-state index is 5.79. The molecule has 0 aliphatic heterocycles. The fourth-order valence-electron chi connectivity index (χ4n) is 1.40. The summed E-state index contributed by atoms with van der Waals surface area (Å²) in [6, 6.07) is 11.2. The van der Waals surface area contributed by atoms with E-state index in [1.54, 1.807) is 25.4 Å². The van der Waals surface area contributed by atoms with E-state index in [1.165, 1.54) is 0 Å². The van der Waals surface area contributed by atoms with Gasteiger partial charge in [-0.05, 0) is 24.3 Å². The Labute approximate surface area is 106 Å². The lowest BCUT2D eigenvalue weighted by molar-refractivity contribution is 0.417. The minimum Gasteiger partial charge on any atom is -0.495 e. The monoisotopic (exact) mass is 251 g/mol. The molecule has 0 amide bonds. The number of aromatic nitrogens is 1. The summed E-state index contributed by atoms with van der Waals surface area (Å²) in [5.41, 5.74) is 7.24. The van der Waals surface area contributed by atoms with Gasteiger partial charge < -0.3 is 15.8 Å². The largest absolute Gasteiger partial charge is 0.495 e. The summed E-state index contributed by atoms with van der Waals surface area (Å²) >= 11 is 0. The van der Waals surface area contributed by atoms with Crippen molar-refractivity contribution < 1.29 is 4.74 Å². The van der Waals surface area contributed by atoms with Crippen molar-refractivity contribution in [1.82, 2.24) is 4.98 Å². The number of nitrogen functional groups attached to an aromatic ring is 1. The van der Waals surface area contributed by atoms with E-state index in [1.807, 2.05) is 24.3 Å². The zero-order valence-corrected chi connectivity index (χ0v) is 10.2. The van der Waals surface area contributed by atoms with Crippen molar-refractivity contribution in [1.29, 1.82) is 0 Å². The third-order valence-corrected chi connectivity index (χ3v) is 2.20. The van der Waals surface area contributed by atoms with E-state index in [0.717, 1.165) is 11.4 Å². The van der Waals surface area contributed by atoms with Crippen LogP contribution in [-0.2, 0) is 0 Å². The van der Waals surface area contributed by atoms with Crippen LogP contribution in [0.25, 0.3) is 0 Å². The molecule has 5 heteroatoms. The Balaban J connectivity index is 0.00000144. The van der Waals surface area contributed by atoms with Crippen LogP contribution < -0.4 is 15.8 Å². The van der Waals surface area contributed by atoms with Crippen LogP contribution in [0.1, 0.15) is 0 Å². The number of rotatable bonds is 3. The predicted octanol–water partition coefficient (Wildman–Crippen LogP) is 2.84. The summed E-state index contributed by atoms with van der Waals surface area (Å²) in [6.07, 6.45) is 1.69. The Morgan fingerprint density at radius 3 is 2.65 bits per heavy atom. The lowest BCUT2D eigenvalue weighted by atomic mass is 10.3. The molecule has 1 aromatic carbocycles. The molecule has 17 heavy (non-hydrogen) atoms. The first kappa shape index (κ1) is 13.1. The molecule has 0 spiro atoms. The van der Waals surface area contributed by atoms with Gasteiger partial charge in [0.15, 0.2) is 5.82 Å². The van der Waals surface area contributed by atoms with Gasteiger partial charge >= 0.3 is 0 Å². The third-order valence-electron chi connectivity index (χ3n) is 2.20. The highest BCUT2D eigenvalue weighted by Gasteiger charge is 2.04. The second-order valence-electron chi connectivity index (χ2n) is 3.27. The molecule has 0 fully saturated rings. The van der Waals surface area contributed by atoms with E-state index in [4.69, 9.17) is 10.5 Å². The smallest absolute Gasteiger partial charge is 0.153 e. The number of para-hydroxylation sites is 2. The molecule has 4 nitrogen and oxygen atoms in total. The molecule has 0 unspecified atom stereocenters. The van der Waals surface area contributed by atoms with Gasteiger partial charge in [0.25, 0.3) is 0 Å². The standard InChI is InChI=1S/C12H13N3O.ClH/c1-16-11-7-3-2-6-10(11)15-12-9(13)5-4-8-14-12;/h2-8H,13H2,1H3,(H,14,15);1H. The molecule has 3 N–H and O–H groups in total. The normalized spacial score (nSPS) is 9.24. The molecule has 0 aliphatic carbocycles. The Bertz CT molecular complexity index is 491. The van der Waals surface area contributed by atoms with Crippen LogP contribution in [0.3, 0.4) is 0 Å². The SMILES string of the molecule is COc1ccccc1Nc1ncccc1N.Cl. The summed E-state index contributed by atoms with van der Waals surface area (Å²) < 4.78 is 5.23. The summed E-state index contributed by atoms with van der Waals surface area (Å²) in [4.78, 5) is 4.16. The van der Waals surface area contributed by atoms with Crippen molar-refractivity contribution in [2.24, 2.45) is 0 Å². The minimum atomic E-state index is 0. The second-order valence-corrected chi connectivity index (χ2v) is 3.27. The van der Waals surface area contributed by atoms with Crippen LogP contribution in [0.4, 0.5) is 17.2 Å². The van der Waals surface area contributed by atoms with Gasteiger partial charge in [-0.15, -0.1) is 12.4 Å². The summed E-state index contributed by atoms with van der Waals surface area (Å²) in [7, 11) is 1.63. The number of halogens is 1. The fourth-order valence-corrected chi connectivity index (χ4v) is 1.40. The van der Waals surface area contributed by atoms with E-state index in [0.29, 0.717) is 11.5 Å². The Kier molecular flexibility index (Phi) is 4.60. The number of anilines is 3. The van der Waals surface area contributed by atoms with E-state index in [-0.39, 0.29) is 12.4 Å². The van der Waals surface area contributed by atoms with Crippen molar-refractivity contribution in [3.63, 3.8) is 0 Å². The molecule has 1 heterocycles. The summed E-state index contributed by atoms with van der Waals surface area (Å²) in [5.74, 6) is 1.39. The molecule has 0 radical (unpaired) electrons. The fraction of sp³-hybridized carbons (Fsp3) is 0.0833. The van der Waals surface area contributed by atoms with E-state index in [2.05, 4.69) is 10.3 Å². The number of benzene rings is 1. The number of hydrogen-bond acceptors (Lipinski definition) is 4. The zero-order chi connectivity index (χ0) is 11.4.